The first-order chi connectivity index (χ1) is 6.07. The Hall–Kier alpha value is -1.23. The molecule has 70 valence electrons. The number of aromatic hydroxyl groups is 1. The quantitative estimate of drug-likeness (QED) is 0.836. The number of phenolic OH excluding ortho intramolecular Hbond substituents is 1. The number of ether oxygens (including phenoxy) is 1. The average Bonchev–Trinajstić information content (AvgIpc) is 2.07. The van der Waals surface area contributed by atoms with Crippen LogP contribution in [0.15, 0.2) is 16.6 Å². The van der Waals surface area contributed by atoms with Gasteiger partial charge in [-0.05, 0) is 28.1 Å². The highest BCUT2D eigenvalue weighted by Gasteiger charge is 2.18. The lowest BCUT2D eigenvalue weighted by atomic mass is 10.2. The molecular formula is C8H7BrO4. The van der Waals surface area contributed by atoms with Gasteiger partial charge in [-0.1, -0.05) is 0 Å². The van der Waals surface area contributed by atoms with Crippen molar-refractivity contribution in [2.45, 2.75) is 0 Å². The Labute approximate surface area is 82.9 Å². The summed E-state index contributed by atoms with van der Waals surface area (Å²) in [5, 5.41) is 18.0. The van der Waals surface area contributed by atoms with E-state index in [9.17, 15) is 9.90 Å². The van der Waals surface area contributed by atoms with Gasteiger partial charge in [0.25, 0.3) is 0 Å². The van der Waals surface area contributed by atoms with Crippen molar-refractivity contribution in [1.29, 1.82) is 0 Å². The van der Waals surface area contributed by atoms with Gasteiger partial charge in [0.2, 0.25) is 0 Å². The van der Waals surface area contributed by atoms with E-state index in [4.69, 9.17) is 9.84 Å². The maximum absolute atomic E-state index is 10.7. The molecule has 13 heavy (non-hydrogen) atoms. The highest BCUT2D eigenvalue weighted by atomic mass is 79.9. The maximum Gasteiger partial charge on any atom is 0.340 e. The van der Waals surface area contributed by atoms with Crippen LogP contribution in [-0.4, -0.2) is 23.3 Å². The summed E-state index contributed by atoms with van der Waals surface area (Å²) in [5.41, 5.74) is -0.0810. The Morgan fingerprint density at radius 1 is 1.54 bits per heavy atom. The van der Waals surface area contributed by atoms with Gasteiger partial charge in [0, 0.05) is 4.47 Å². The first-order valence-corrected chi connectivity index (χ1v) is 4.16. The van der Waals surface area contributed by atoms with E-state index >= 15 is 0 Å². The summed E-state index contributed by atoms with van der Waals surface area (Å²) in [6.07, 6.45) is 0. The van der Waals surface area contributed by atoms with Crippen molar-refractivity contribution in [2.24, 2.45) is 0 Å². The molecule has 0 atom stereocenters. The number of hydrogen-bond acceptors (Lipinski definition) is 3. The average molecular weight is 247 g/mol. The molecule has 0 spiro atoms. The Kier molecular flexibility index (Phi) is 2.77. The fourth-order valence-corrected chi connectivity index (χ4v) is 1.44. The lowest BCUT2D eigenvalue weighted by molar-refractivity contribution is 0.0691. The molecule has 0 radical (unpaired) electrons. The molecule has 0 unspecified atom stereocenters. The van der Waals surface area contributed by atoms with Gasteiger partial charge >= 0.3 is 5.97 Å². The van der Waals surface area contributed by atoms with Crippen molar-refractivity contribution in [3.63, 3.8) is 0 Å². The number of aromatic carboxylic acids is 1. The van der Waals surface area contributed by atoms with Crippen LogP contribution in [0.2, 0.25) is 0 Å². The SMILES string of the molecule is COc1c(O)ccc(Br)c1C(=O)O. The standard InChI is InChI=1S/C8H7BrO4/c1-13-7-5(10)3-2-4(9)6(7)8(11)12/h2-3,10H,1H3,(H,11,12). The summed E-state index contributed by atoms with van der Waals surface area (Å²) < 4.78 is 5.13. The summed E-state index contributed by atoms with van der Waals surface area (Å²) in [6.45, 7) is 0. The Balaban J connectivity index is 3.43. The molecule has 5 heteroatoms. The molecule has 0 saturated carbocycles. The zero-order chi connectivity index (χ0) is 10.0. The minimum atomic E-state index is -1.15. The van der Waals surface area contributed by atoms with Gasteiger partial charge in [0.1, 0.15) is 5.56 Å². The van der Waals surface area contributed by atoms with Crippen LogP contribution in [0, 0.1) is 0 Å². The summed E-state index contributed by atoms with van der Waals surface area (Å²) in [6, 6.07) is 2.80. The first-order valence-electron chi connectivity index (χ1n) is 3.36. The van der Waals surface area contributed by atoms with Crippen LogP contribution in [0.4, 0.5) is 0 Å². The third-order valence-corrected chi connectivity index (χ3v) is 2.16. The van der Waals surface area contributed by atoms with Crippen LogP contribution in [0.25, 0.3) is 0 Å². The second kappa shape index (κ2) is 3.66. The van der Waals surface area contributed by atoms with Crippen molar-refractivity contribution in [3.05, 3.63) is 22.2 Å². The van der Waals surface area contributed by atoms with E-state index in [1.54, 1.807) is 0 Å². The zero-order valence-electron chi connectivity index (χ0n) is 6.74. The Morgan fingerprint density at radius 2 is 2.15 bits per heavy atom. The molecule has 1 rings (SSSR count). The second-order valence-corrected chi connectivity index (χ2v) is 3.13. The highest BCUT2D eigenvalue weighted by molar-refractivity contribution is 9.10. The number of methoxy groups -OCH3 is 1. The number of carboxylic acids is 1. The van der Waals surface area contributed by atoms with Crippen LogP contribution < -0.4 is 4.74 Å². The van der Waals surface area contributed by atoms with Gasteiger partial charge in [-0.2, -0.15) is 0 Å². The molecule has 1 aromatic carbocycles. The summed E-state index contributed by atoms with van der Waals surface area (Å²) in [4.78, 5) is 10.7. The molecule has 0 aromatic heterocycles. The normalized spacial score (nSPS) is 9.69. The van der Waals surface area contributed by atoms with Crippen LogP contribution >= 0.6 is 15.9 Å². The van der Waals surface area contributed by atoms with Gasteiger partial charge < -0.3 is 14.9 Å². The van der Waals surface area contributed by atoms with E-state index in [0.717, 1.165) is 0 Å². The van der Waals surface area contributed by atoms with Gasteiger partial charge in [-0.15, -0.1) is 0 Å². The number of phenols is 1. The smallest absolute Gasteiger partial charge is 0.340 e. The molecule has 0 heterocycles. The third-order valence-electron chi connectivity index (χ3n) is 1.50. The zero-order valence-corrected chi connectivity index (χ0v) is 8.33. The number of carbonyl (C=O) groups is 1. The fourth-order valence-electron chi connectivity index (χ4n) is 0.954. The van der Waals surface area contributed by atoms with Gasteiger partial charge in [0.05, 0.1) is 7.11 Å². The van der Waals surface area contributed by atoms with Crippen molar-refractivity contribution in [2.75, 3.05) is 7.11 Å². The van der Waals surface area contributed by atoms with Gasteiger partial charge in [-0.3, -0.25) is 0 Å². The van der Waals surface area contributed by atoms with E-state index < -0.39 is 5.97 Å². The number of hydrogen-bond donors (Lipinski definition) is 2. The molecule has 1 aromatic rings. The topological polar surface area (TPSA) is 66.8 Å². The van der Waals surface area contributed by atoms with Crippen molar-refractivity contribution >= 4 is 21.9 Å². The van der Waals surface area contributed by atoms with Crippen molar-refractivity contribution in [3.8, 4) is 11.5 Å². The van der Waals surface area contributed by atoms with Crippen molar-refractivity contribution in [1.82, 2.24) is 0 Å². The molecule has 0 aliphatic carbocycles. The fraction of sp³-hybridized carbons (Fsp3) is 0.125. The second-order valence-electron chi connectivity index (χ2n) is 2.28. The molecule has 0 aliphatic rings. The largest absolute Gasteiger partial charge is 0.504 e. The molecule has 0 aliphatic heterocycles. The van der Waals surface area contributed by atoms with Crippen LogP contribution in [-0.2, 0) is 0 Å². The van der Waals surface area contributed by atoms with E-state index in [-0.39, 0.29) is 17.1 Å². The molecule has 0 bridgehead atoms. The molecule has 2 N–H and O–H groups in total. The molecular weight excluding hydrogens is 240 g/mol. The van der Waals surface area contributed by atoms with Crippen LogP contribution in [0.5, 0.6) is 11.5 Å². The highest BCUT2D eigenvalue weighted by Crippen LogP contribution is 2.34. The minimum Gasteiger partial charge on any atom is -0.504 e. The minimum absolute atomic E-state index is 0.0399. The lowest BCUT2D eigenvalue weighted by Gasteiger charge is -2.07. The van der Waals surface area contributed by atoms with Crippen LogP contribution in [0.1, 0.15) is 10.4 Å². The number of benzene rings is 1. The van der Waals surface area contributed by atoms with Gasteiger partial charge in [0.15, 0.2) is 11.5 Å². The third kappa shape index (κ3) is 1.75. The Bertz CT molecular complexity index is 348. The summed E-state index contributed by atoms with van der Waals surface area (Å²) in [5.74, 6) is -1.38. The van der Waals surface area contributed by atoms with E-state index in [1.807, 2.05) is 0 Å². The molecule has 0 fully saturated rings. The summed E-state index contributed by atoms with van der Waals surface area (Å²) >= 11 is 3.05. The van der Waals surface area contributed by atoms with Gasteiger partial charge in [-0.25, -0.2) is 4.79 Å². The van der Waals surface area contributed by atoms with E-state index in [1.165, 1.54) is 19.2 Å². The monoisotopic (exact) mass is 246 g/mol. The number of carboxylic acid groups (broad SMARTS) is 1. The van der Waals surface area contributed by atoms with E-state index in [0.29, 0.717) is 4.47 Å². The molecule has 0 saturated heterocycles. The summed E-state index contributed by atoms with van der Waals surface area (Å²) in [7, 11) is 1.30. The Morgan fingerprint density at radius 3 is 2.54 bits per heavy atom. The predicted octanol–water partition coefficient (Wildman–Crippen LogP) is 1.86. The van der Waals surface area contributed by atoms with Crippen LogP contribution in [0.3, 0.4) is 0 Å². The van der Waals surface area contributed by atoms with E-state index in [2.05, 4.69) is 15.9 Å². The lowest BCUT2D eigenvalue weighted by Crippen LogP contribution is -2.01. The molecule has 0 amide bonds. The predicted molar refractivity (Wildman–Crippen MR) is 49.3 cm³/mol. The van der Waals surface area contributed by atoms with Crippen molar-refractivity contribution < 1.29 is 19.7 Å². The number of rotatable bonds is 2. The number of halogens is 1. The first kappa shape index (κ1) is 9.85. The maximum atomic E-state index is 10.7. The molecule has 4 nitrogen and oxygen atoms in total.